The van der Waals surface area contributed by atoms with Gasteiger partial charge in [0, 0.05) is 11.7 Å². The van der Waals surface area contributed by atoms with Crippen molar-refractivity contribution >= 4 is 28.7 Å². The van der Waals surface area contributed by atoms with Gasteiger partial charge in [-0.15, -0.1) is 0 Å². The van der Waals surface area contributed by atoms with Gasteiger partial charge < -0.3 is 10.3 Å². The number of H-pyrrole nitrogens is 1. The van der Waals surface area contributed by atoms with Gasteiger partial charge in [-0.3, -0.25) is 14.2 Å². The van der Waals surface area contributed by atoms with Crippen LogP contribution in [0.3, 0.4) is 0 Å². The average molecular weight is 399 g/mol. The van der Waals surface area contributed by atoms with Crippen LogP contribution in [0.5, 0.6) is 0 Å². The highest BCUT2D eigenvalue weighted by Gasteiger charge is 2.18. The van der Waals surface area contributed by atoms with E-state index >= 15 is 0 Å². The Balaban J connectivity index is 1.79. The number of amides is 1. The number of hydrogen-bond donors (Lipinski definition) is 2. The molecular weight excluding hydrogens is 372 g/mol. The Hall–Kier alpha value is -2.54. The largest absolute Gasteiger partial charge is 0.353 e. The van der Waals surface area contributed by atoms with E-state index in [1.165, 1.54) is 11.8 Å². The minimum absolute atomic E-state index is 0.00168. The van der Waals surface area contributed by atoms with Crippen LogP contribution in [0.4, 0.5) is 0 Å². The molecule has 2 N–H and O–H groups in total. The van der Waals surface area contributed by atoms with Crippen LogP contribution in [0.2, 0.25) is 0 Å². The molecule has 2 atom stereocenters. The number of aryl methyl sites for hydroxylation is 1. The maximum Gasteiger partial charge on any atom is 0.278 e. The van der Waals surface area contributed by atoms with E-state index in [1.54, 1.807) is 4.57 Å². The summed E-state index contributed by atoms with van der Waals surface area (Å²) in [6.07, 6.45) is 0.803. The van der Waals surface area contributed by atoms with E-state index in [1.807, 2.05) is 64.1 Å². The molecule has 0 aliphatic heterocycles. The Morgan fingerprint density at radius 3 is 2.68 bits per heavy atom. The number of nitrogens with one attached hydrogen (secondary N) is 2. The van der Waals surface area contributed by atoms with E-state index in [9.17, 15) is 9.59 Å². The summed E-state index contributed by atoms with van der Waals surface area (Å²) in [5.41, 5.74) is 3.02. The van der Waals surface area contributed by atoms with Crippen molar-refractivity contribution in [2.24, 2.45) is 0 Å². The minimum atomic E-state index is -0.0898. The van der Waals surface area contributed by atoms with E-state index in [0.717, 1.165) is 17.7 Å². The first kappa shape index (κ1) is 20.2. The number of thioether (sulfide) groups is 1. The van der Waals surface area contributed by atoms with Crippen molar-refractivity contribution in [1.82, 2.24) is 19.9 Å². The molecule has 0 saturated carbocycles. The van der Waals surface area contributed by atoms with Crippen LogP contribution in [0, 0.1) is 6.92 Å². The van der Waals surface area contributed by atoms with Crippen LogP contribution in [0.15, 0.2) is 46.3 Å². The van der Waals surface area contributed by atoms with Gasteiger partial charge in [0.05, 0.1) is 17.3 Å². The van der Waals surface area contributed by atoms with Crippen molar-refractivity contribution in [3.63, 3.8) is 0 Å². The number of carbonyl (C=O) groups excluding carboxylic acids is 1. The molecule has 1 amide bonds. The third-order valence-electron chi connectivity index (χ3n) is 4.83. The summed E-state index contributed by atoms with van der Waals surface area (Å²) in [5.74, 6) is 0.117. The molecule has 0 aliphatic rings. The molecule has 0 radical (unpaired) electrons. The molecule has 3 aromatic rings. The van der Waals surface area contributed by atoms with E-state index in [0.29, 0.717) is 16.2 Å². The second kappa shape index (κ2) is 8.65. The number of aromatic amines is 1. The SMILES string of the molecule is CC[C@@H](C)n1c(SCC(=O)N[C@H](C)c2ccccc2)nc2cc(C)[nH]c2c1=O. The second-order valence-electron chi connectivity index (χ2n) is 7.03. The lowest BCUT2D eigenvalue weighted by molar-refractivity contribution is -0.119. The summed E-state index contributed by atoms with van der Waals surface area (Å²) < 4.78 is 1.69. The summed E-state index contributed by atoms with van der Waals surface area (Å²) in [5, 5.41) is 3.58. The van der Waals surface area contributed by atoms with Crippen molar-refractivity contribution < 1.29 is 4.79 Å². The lowest BCUT2D eigenvalue weighted by atomic mass is 10.1. The Labute approximate surface area is 168 Å². The van der Waals surface area contributed by atoms with Crippen molar-refractivity contribution in [2.45, 2.75) is 51.4 Å². The molecule has 0 spiro atoms. The maximum absolute atomic E-state index is 12.9. The summed E-state index contributed by atoms with van der Waals surface area (Å²) in [4.78, 5) is 33.1. The molecule has 148 valence electrons. The zero-order valence-corrected chi connectivity index (χ0v) is 17.5. The fraction of sp³-hybridized carbons (Fsp3) is 0.381. The standard InChI is InChI=1S/C21H26N4O2S/c1-5-14(3)25-20(27)19-17(11-13(2)22-19)24-21(25)28-12-18(26)23-15(4)16-9-7-6-8-10-16/h6-11,14-15,22H,5,12H2,1-4H3,(H,23,26)/t14-,15-/m1/s1. The lowest BCUT2D eigenvalue weighted by Crippen LogP contribution is -2.29. The minimum Gasteiger partial charge on any atom is -0.353 e. The quantitative estimate of drug-likeness (QED) is 0.466. The number of hydrogen-bond acceptors (Lipinski definition) is 4. The first-order valence-corrected chi connectivity index (χ1v) is 10.5. The summed E-state index contributed by atoms with van der Waals surface area (Å²) in [6, 6.07) is 11.6. The summed E-state index contributed by atoms with van der Waals surface area (Å²) >= 11 is 1.30. The smallest absolute Gasteiger partial charge is 0.278 e. The molecule has 7 heteroatoms. The summed E-state index contributed by atoms with van der Waals surface area (Å²) in [7, 11) is 0. The van der Waals surface area contributed by atoms with Gasteiger partial charge in [0.2, 0.25) is 5.91 Å². The molecule has 0 saturated heterocycles. The first-order chi connectivity index (χ1) is 13.4. The van der Waals surface area contributed by atoms with E-state index < -0.39 is 0 Å². The predicted molar refractivity (Wildman–Crippen MR) is 114 cm³/mol. The fourth-order valence-corrected chi connectivity index (χ4v) is 4.01. The third-order valence-corrected chi connectivity index (χ3v) is 5.78. The molecule has 2 aromatic heterocycles. The second-order valence-corrected chi connectivity index (χ2v) is 7.97. The van der Waals surface area contributed by atoms with Crippen molar-refractivity contribution in [1.29, 1.82) is 0 Å². The zero-order valence-electron chi connectivity index (χ0n) is 16.7. The Morgan fingerprint density at radius 2 is 2.00 bits per heavy atom. The molecular formula is C21H26N4O2S. The first-order valence-electron chi connectivity index (χ1n) is 9.49. The van der Waals surface area contributed by atoms with Gasteiger partial charge in [-0.2, -0.15) is 0 Å². The topological polar surface area (TPSA) is 79.8 Å². The zero-order chi connectivity index (χ0) is 20.3. The van der Waals surface area contributed by atoms with Gasteiger partial charge in [0.15, 0.2) is 5.16 Å². The third kappa shape index (κ3) is 4.30. The Kier molecular flexibility index (Phi) is 6.24. The maximum atomic E-state index is 12.9. The molecule has 2 heterocycles. The van der Waals surface area contributed by atoms with Gasteiger partial charge in [0.1, 0.15) is 5.52 Å². The summed E-state index contributed by atoms with van der Waals surface area (Å²) in [6.45, 7) is 7.89. The van der Waals surface area contributed by atoms with Crippen LogP contribution < -0.4 is 10.9 Å². The molecule has 1 aromatic carbocycles. The fourth-order valence-electron chi connectivity index (χ4n) is 3.10. The molecule has 0 unspecified atom stereocenters. The monoisotopic (exact) mass is 398 g/mol. The molecule has 6 nitrogen and oxygen atoms in total. The van der Waals surface area contributed by atoms with E-state index in [4.69, 9.17) is 0 Å². The van der Waals surface area contributed by atoms with Gasteiger partial charge in [0.25, 0.3) is 5.56 Å². The van der Waals surface area contributed by atoms with Crippen LogP contribution in [0.25, 0.3) is 11.0 Å². The molecule has 3 rings (SSSR count). The van der Waals surface area contributed by atoms with Gasteiger partial charge in [-0.1, -0.05) is 49.0 Å². The van der Waals surface area contributed by atoms with Crippen LogP contribution in [-0.4, -0.2) is 26.2 Å². The predicted octanol–water partition coefficient (Wildman–Crippen LogP) is 3.97. The Bertz CT molecular complexity index is 1030. The Morgan fingerprint density at radius 1 is 1.29 bits per heavy atom. The van der Waals surface area contributed by atoms with Crippen LogP contribution in [-0.2, 0) is 4.79 Å². The molecule has 0 bridgehead atoms. The van der Waals surface area contributed by atoms with Crippen LogP contribution in [0.1, 0.15) is 50.5 Å². The number of nitrogens with zero attached hydrogens (tertiary/aromatic N) is 2. The van der Waals surface area contributed by atoms with Crippen molar-refractivity contribution in [2.75, 3.05) is 5.75 Å². The number of benzene rings is 1. The number of fused-ring (bicyclic) bond motifs is 1. The number of rotatable bonds is 7. The number of aromatic nitrogens is 3. The van der Waals surface area contributed by atoms with E-state index in [-0.39, 0.29) is 29.3 Å². The number of carbonyl (C=O) groups is 1. The van der Waals surface area contributed by atoms with Crippen LogP contribution >= 0.6 is 11.8 Å². The normalized spacial score (nSPS) is 13.4. The van der Waals surface area contributed by atoms with Gasteiger partial charge in [-0.05, 0) is 38.8 Å². The van der Waals surface area contributed by atoms with E-state index in [2.05, 4.69) is 15.3 Å². The highest BCUT2D eigenvalue weighted by Crippen LogP contribution is 2.23. The van der Waals surface area contributed by atoms with Gasteiger partial charge in [-0.25, -0.2) is 4.98 Å². The average Bonchev–Trinajstić information content (AvgIpc) is 3.07. The highest BCUT2D eigenvalue weighted by atomic mass is 32.2. The molecule has 28 heavy (non-hydrogen) atoms. The molecule has 0 aliphatic carbocycles. The lowest BCUT2D eigenvalue weighted by Gasteiger charge is -2.18. The molecule has 0 fully saturated rings. The highest BCUT2D eigenvalue weighted by molar-refractivity contribution is 7.99. The van der Waals surface area contributed by atoms with Crippen molar-refractivity contribution in [3.8, 4) is 0 Å². The van der Waals surface area contributed by atoms with Gasteiger partial charge >= 0.3 is 0 Å². The van der Waals surface area contributed by atoms with Crippen molar-refractivity contribution in [3.05, 3.63) is 58.0 Å².